The molecule has 0 heterocycles. The molecule has 0 saturated heterocycles. The van der Waals surface area contributed by atoms with Gasteiger partial charge in [0.05, 0.1) is 5.97 Å². The van der Waals surface area contributed by atoms with E-state index in [1.807, 2.05) is 0 Å². The minimum Gasteiger partial charge on any atom is -0.545 e. The monoisotopic (exact) mass is 176 g/mol. The summed E-state index contributed by atoms with van der Waals surface area (Å²) >= 11 is 0. The molecule has 3 N–H and O–H groups in total. The van der Waals surface area contributed by atoms with Crippen LogP contribution in [0.25, 0.3) is 0 Å². The van der Waals surface area contributed by atoms with Gasteiger partial charge in [0.15, 0.2) is 11.5 Å². The molecule has 1 rings (SSSR count). The van der Waals surface area contributed by atoms with Crippen molar-refractivity contribution in [3.8, 4) is 17.2 Å². The third kappa shape index (κ3) is 2.08. The molecule has 13 heavy (non-hydrogen) atoms. The molecule has 0 amide bonds. The Morgan fingerprint density at radius 1 is 1.15 bits per heavy atom. The number of rotatable bonds is 1. The number of aromatic hydroxyl groups is 3. The fourth-order valence-corrected chi connectivity index (χ4v) is 0.734. The van der Waals surface area contributed by atoms with E-state index in [4.69, 9.17) is 15.3 Å². The van der Waals surface area contributed by atoms with Crippen molar-refractivity contribution in [2.24, 2.45) is 0 Å². The maximum Gasteiger partial charge on any atom is 1.00 e. The van der Waals surface area contributed by atoms with Gasteiger partial charge in [0.2, 0.25) is 5.75 Å². The molecule has 0 radical (unpaired) electrons. The van der Waals surface area contributed by atoms with Gasteiger partial charge >= 0.3 is 18.9 Å². The van der Waals surface area contributed by atoms with Crippen LogP contribution in [0.2, 0.25) is 0 Å². The van der Waals surface area contributed by atoms with Crippen LogP contribution in [0.5, 0.6) is 17.2 Å². The summed E-state index contributed by atoms with van der Waals surface area (Å²) in [6.45, 7) is 0. The number of hydrogen-bond donors (Lipinski definition) is 3. The van der Waals surface area contributed by atoms with E-state index in [0.29, 0.717) is 0 Å². The molecule has 0 unspecified atom stereocenters. The molecule has 5 nitrogen and oxygen atoms in total. The van der Waals surface area contributed by atoms with Crippen molar-refractivity contribution in [1.82, 2.24) is 0 Å². The second-order valence-corrected chi connectivity index (χ2v) is 2.12. The summed E-state index contributed by atoms with van der Waals surface area (Å²) in [5, 5.41) is 36.8. The van der Waals surface area contributed by atoms with Gasteiger partial charge in [-0.25, -0.2) is 0 Å². The van der Waals surface area contributed by atoms with Gasteiger partial charge in [-0.05, 0) is 12.1 Å². The van der Waals surface area contributed by atoms with E-state index in [-0.39, 0.29) is 18.9 Å². The van der Waals surface area contributed by atoms with E-state index < -0.39 is 28.8 Å². The average molecular weight is 176 g/mol. The molecule has 0 bridgehead atoms. The van der Waals surface area contributed by atoms with E-state index in [2.05, 4.69) is 0 Å². The van der Waals surface area contributed by atoms with Crippen LogP contribution < -0.4 is 24.0 Å². The average Bonchev–Trinajstić information content (AvgIpc) is 2.00. The Labute approximate surface area is 85.4 Å². The predicted octanol–water partition coefficient (Wildman–Crippen LogP) is -3.83. The summed E-state index contributed by atoms with van der Waals surface area (Å²) < 4.78 is 0. The molecule has 0 aromatic heterocycles. The Balaban J connectivity index is 0.00000144. The van der Waals surface area contributed by atoms with Gasteiger partial charge in [-0.15, -0.1) is 0 Å². The number of phenolic OH excluding ortho intramolecular Hbond substituents is 2. The summed E-state index contributed by atoms with van der Waals surface area (Å²) in [7, 11) is 0. The normalized spacial score (nSPS) is 8.92. The molecule has 0 spiro atoms. The number of carboxylic acid groups (broad SMARTS) is 1. The molecule has 0 saturated carbocycles. The Kier molecular flexibility index (Phi) is 3.66. The van der Waals surface area contributed by atoms with Crippen molar-refractivity contribution >= 4 is 5.97 Å². The molecule has 0 fully saturated rings. The number of phenols is 3. The van der Waals surface area contributed by atoms with Crippen LogP contribution >= 0.6 is 0 Å². The summed E-state index contributed by atoms with van der Waals surface area (Å²) in [4.78, 5) is 10.2. The summed E-state index contributed by atoms with van der Waals surface area (Å²) in [6, 6.07) is 1.87. The van der Waals surface area contributed by atoms with Crippen LogP contribution in [0.4, 0.5) is 0 Å². The van der Waals surface area contributed by atoms with Crippen LogP contribution in [-0.4, -0.2) is 21.3 Å². The fraction of sp³-hybridized carbons (Fsp3) is 0. The summed E-state index contributed by atoms with van der Waals surface area (Å²) in [5.74, 6) is -3.97. The van der Waals surface area contributed by atoms with Gasteiger partial charge in [0.1, 0.15) is 0 Å². The Hall–Kier alpha value is -1.31. The third-order valence-corrected chi connectivity index (χ3v) is 1.35. The quantitative estimate of drug-likeness (QED) is 0.300. The largest absolute Gasteiger partial charge is 1.00 e. The molecular weight excluding hydrogens is 171 g/mol. The van der Waals surface area contributed by atoms with Crippen molar-refractivity contribution in [1.29, 1.82) is 0 Å². The van der Waals surface area contributed by atoms with Crippen LogP contribution in [-0.2, 0) is 0 Å². The third-order valence-electron chi connectivity index (χ3n) is 1.35. The van der Waals surface area contributed by atoms with Gasteiger partial charge in [0, 0.05) is 5.56 Å². The Bertz CT molecular complexity index is 336. The molecule has 64 valence electrons. The van der Waals surface area contributed by atoms with Gasteiger partial charge in [-0.3, -0.25) is 0 Å². The van der Waals surface area contributed by atoms with Gasteiger partial charge in [-0.2, -0.15) is 0 Å². The zero-order chi connectivity index (χ0) is 9.30. The molecular formula is C7H5LiO5. The van der Waals surface area contributed by atoms with Gasteiger partial charge < -0.3 is 25.2 Å². The first kappa shape index (κ1) is 11.7. The number of carbonyl (C=O) groups is 1. The topological polar surface area (TPSA) is 101 Å². The molecule has 0 aliphatic carbocycles. The van der Waals surface area contributed by atoms with Crippen molar-refractivity contribution < 1.29 is 44.1 Å². The van der Waals surface area contributed by atoms with E-state index in [9.17, 15) is 9.90 Å². The number of aromatic carboxylic acids is 1. The van der Waals surface area contributed by atoms with Crippen molar-refractivity contribution in [2.45, 2.75) is 0 Å². The Morgan fingerprint density at radius 3 is 2.15 bits per heavy atom. The van der Waals surface area contributed by atoms with Crippen molar-refractivity contribution in [2.75, 3.05) is 0 Å². The molecule has 1 aromatic carbocycles. The first-order chi connectivity index (χ1) is 5.54. The SMILES string of the molecule is O=C([O-])c1ccc(O)c(O)c1O.[Li+]. The van der Waals surface area contributed by atoms with Crippen LogP contribution in [0.1, 0.15) is 10.4 Å². The fourth-order valence-electron chi connectivity index (χ4n) is 0.734. The Morgan fingerprint density at radius 2 is 1.69 bits per heavy atom. The van der Waals surface area contributed by atoms with Crippen LogP contribution in [0.3, 0.4) is 0 Å². The molecule has 0 aliphatic heterocycles. The molecule has 0 aliphatic rings. The van der Waals surface area contributed by atoms with E-state index in [1.165, 1.54) is 0 Å². The van der Waals surface area contributed by atoms with Crippen LogP contribution in [0.15, 0.2) is 12.1 Å². The van der Waals surface area contributed by atoms with Gasteiger partial charge in [0.25, 0.3) is 0 Å². The van der Waals surface area contributed by atoms with E-state index in [0.717, 1.165) is 12.1 Å². The summed E-state index contributed by atoms with van der Waals surface area (Å²) in [6.07, 6.45) is 0. The van der Waals surface area contributed by atoms with Gasteiger partial charge in [-0.1, -0.05) is 0 Å². The minimum atomic E-state index is -1.62. The van der Waals surface area contributed by atoms with Crippen molar-refractivity contribution in [3.63, 3.8) is 0 Å². The van der Waals surface area contributed by atoms with Crippen molar-refractivity contribution in [3.05, 3.63) is 17.7 Å². The maximum absolute atomic E-state index is 10.2. The zero-order valence-electron chi connectivity index (χ0n) is 6.81. The number of hydrogen-bond acceptors (Lipinski definition) is 5. The van der Waals surface area contributed by atoms with E-state index in [1.54, 1.807) is 0 Å². The zero-order valence-corrected chi connectivity index (χ0v) is 6.81. The maximum atomic E-state index is 10.2. The smallest absolute Gasteiger partial charge is 0.545 e. The number of carboxylic acids is 1. The first-order valence-electron chi connectivity index (χ1n) is 2.99. The minimum absolute atomic E-state index is 0. The van der Waals surface area contributed by atoms with E-state index >= 15 is 0 Å². The van der Waals surface area contributed by atoms with Crippen LogP contribution in [0, 0.1) is 0 Å². The number of carbonyl (C=O) groups excluding carboxylic acids is 1. The standard InChI is InChI=1S/C7H6O5.Li/c8-4-2-1-3(7(11)12)5(9)6(4)10;/h1-2,8-10H,(H,11,12);/q;+1/p-1. The first-order valence-corrected chi connectivity index (χ1v) is 2.99. The predicted molar refractivity (Wildman–Crippen MR) is 35.8 cm³/mol. The second-order valence-electron chi connectivity index (χ2n) is 2.12. The second kappa shape index (κ2) is 4.08. The molecule has 1 aromatic rings. The number of benzene rings is 1. The molecule has 0 atom stereocenters. The molecule has 6 heteroatoms. The summed E-state index contributed by atoms with van der Waals surface area (Å²) in [5.41, 5.74) is -0.565.